The molecule has 0 aliphatic carbocycles. The van der Waals surface area contributed by atoms with E-state index < -0.39 is 24.6 Å². The van der Waals surface area contributed by atoms with Crippen LogP contribution in [0.2, 0.25) is 0 Å². The van der Waals surface area contributed by atoms with Crippen LogP contribution in [-0.4, -0.2) is 24.7 Å². The number of alkyl halides is 4. The minimum Gasteiger partial charge on any atom is -0.330 e. The van der Waals surface area contributed by atoms with E-state index in [9.17, 15) is 22.4 Å². The summed E-state index contributed by atoms with van der Waals surface area (Å²) in [4.78, 5) is 10.2. The summed E-state index contributed by atoms with van der Waals surface area (Å²) in [6, 6.07) is 0. The van der Waals surface area contributed by atoms with Crippen molar-refractivity contribution in [1.29, 1.82) is 0 Å². The third-order valence-electron chi connectivity index (χ3n) is 0.961. The Morgan fingerprint density at radius 2 is 1.91 bits per heavy atom. The van der Waals surface area contributed by atoms with Crippen molar-refractivity contribution < 1.29 is 22.4 Å². The summed E-state index contributed by atoms with van der Waals surface area (Å²) in [7, 11) is 0. The highest BCUT2D eigenvalue weighted by molar-refractivity contribution is 5.83. The first-order valence-corrected chi connectivity index (χ1v) is 2.83. The van der Waals surface area contributed by atoms with E-state index in [4.69, 9.17) is 5.73 Å². The van der Waals surface area contributed by atoms with E-state index in [2.05, 4.69) is 0 Å². The molecule has 0 saturated heterocycles. The van der Waals surface area contributed by atoms with Gasteiger partial charge < -0.3 is 5.73 Å². The lowest BCUT2D eigenvalue weighted by molar-refractivity contribution is -0.185. The number of Topliss-reactive ketones (excluding diaryl/α,β-unsaturated/α-hetero) is 1. The molecular weight excluding hydrogens is 166 g/mol. The summed E-state index contributed by atoms with van der Waals surface area (Å²) < 4.78 is 46.1. The molecule has 2 nitrogen and oxygen atoms in total. The SMILES string of the molecule is NCCC(=O)C(F)C(F)(F)F. The molecule has 66 valence electrons. The van der Waals surface area contributed by atoms with Crippen LogP contribution in [0.4, 0.5) is 17.6 Å². The second kappa shape index (κ2) is 3.66. The zero-order valence-electron chi connectivity index (χ0n) is 5.49. The summed E-state index contributed by atoms with van der Waals surface area (Å²) in [5.74, 6) is -1.51. The maximum absolute atomic E-state index is 12.0. The van der Waals surface area contributed by atoms with Gasteiger partial charge in [0.25, 0.3) is 6.17 Å². The molecule has 2 N–H and O–H groups in total. The highest BCUT2D eigenvalue weighted by Gasteiger charge is 2.44. The fraction of sp³-hybridized carbons (Fsp3) is 0.800. The van der Waals surface area contributed by atoms with Gasteiger partial charge in [-0.2, -0.15) is 13.2 Å². The molecule has 0 radical (unpaired) electrons. The first-order chi connectivity index (χ1) is 4.89. The summed E-state index contributed by atoms with van der Waals surface area (Å²) in [5.41, 5.74) is 4.76. The molecular formula is C5H7F4NO. The van der Waals surface area contributed by atoms with Crippen LogP contribution >= 0.6 is 0 Å². The van der Waals surface area contributed by atoms with E-state index >= 15 is 0 Å². The Labute approximate surface area is 60.4 Å². The summed E-state index contributed by atoms with van der Waals surface area (Å²) in [6.45, 7) is -0.269. The van der Waals surface area contributed by atoms with Gasteiger partial charge in [-0.05, 0) is 6.54 Å². The molecule has 0 saturated carbocycles. The van der Waals surface area contributed by atoms with Crippen LogP contribution in [0.5, 0.6) is 0 Å². The van der Waals surface area contributed by atoms with E-state index in [1.807, 2.05) is 0 Å². The van der Waals surface area contributed by atoms with Crippen molar-refractivity contribution in [3.05, 3.63) is 0 Å². The highest BCUT2D eigenvalue weighted by Crippen LogP contribution is 2.23. The Morgan fingerprint density at radius 3 is 2.18 bits per heavy atom. The van der Waals surface area contributed by atoms with E-state index in [-0.39, 0.29) is 6.54 Å². The summed E-state index contributed by atoms with van der Waals surface area (Å²) in [6.07, 6.45) is -9.06. The van der Waals surface area contributed by atoms with E-state index in [0.717, 1.165) is 0 Å². The van der Waals surface area contributed by atoms with Crippen LogP contribution in [0.15, 0.2) is 0 Å². The van der Waals surface area contributed by atoms with Gasteiger partial charge in [0.05, 0.1) is 0 Å². The van der Waals surface area contributed by atoms with Crippen LogP contribution in [-0.2, 0) is 4.79 Å². The topological polar surface area (TPSA) is 43.1 Å². The lowest BCUT2D eigenvalue weighted by Crippen LogP contribution is -2.33. The molecule has 11 heavy (non-hydrogen) atoms. The molecule has 1 unspecified atom stereocenters. The average molecular weight is 173 g/mol. The molecule has 0 aromatic carbocycles. The van der Waals surface area contributed by atoms with Crippen molar-refractivity contribution in [3.8, 4) is 0 Å². The molecule has 0 aliphatic heterocycles. The lowest BCUT2D eigenvalue weighted by atomic mass is 10.2. The van der Waals surface area contributed by atoms with Crippen LogP contribution in [0, 0.1) is 0 Å². The molecule has 0 aromatic heterocycles. The zero-order chi connectivity index (χ0) is 9.07. The van der Waals surface area contributed by atoms with Gasteiger partial charge in [-0.3, -0.25) is 4.79 Å². The number of hydrogen-bond donors (Lipinski definition) is 1. The minimum absolute atomic E-state index is 0.269. The van der Waals surface area contributed by atoms with Gasteiger partial charge in [0.2, 0.25) is 0 Å². The van der Waals surface area contributed by atoms with Crippen LogP contribution in [0.3, 0.4) is 0 Å². The standard InChI is InChI=1S/C5H7F4NO/c6-4(5(7,8)9)3(11)1-2-10/h4H,1-2,10H2. The summed E-state index contributed by atoms with van der Waals surface area (Å²) >= 11 is 0. The van der Waals surface area contributed by atoms with Gasteiger partial charge in [0.15, 0.2) is 5.78 Å². The molecule has 1 atom stereocenters. The molecule has 0 bridgehead atoms. The van der Waals surface area contributed by atoms with Gasteiger partial charge >= 0.3 is 6.18 Å². The maximum Gasteiger partial charge on any atom is 0.426 e. The number of halogens is 4. The lowest BCUT2D eigenvalue weighted by Gasteiger charge is -2.09. The molecule has 0 aromatic rings. The molecule has 0 heterocycles. The van der Waals surface area contributed by atoms with Gasteiger partial charge in [0.1, 0.15) is 0 Å². The Balaban J connectivity index is 4.03. The van der Waals surface area contributed by atoms with Gasteiger partial charge in [-0.15, -0.1) is 0 Å². The van der Waals surface area contributed by atoms with Gasteiger partial charge in [-0.25, -0.2) is 4.39 Å². The van der Waals surface area contributed by atoms with Crippen LogP contribution in [0.1, 0.15) is 6.42 Å². The van der Waals surface area contributed by atoms with Crippen molar-refractivity contribution in [2.24, 2.45) is 5.73 Å². The molecule has 0 spiro atoms. The van der Waals surface area contributed by atoms with Crippen molar-refractivity contribution in [2.45, 2.75) is 18.8 Å². The number of rotatable bonds is 3. The largest absolute Gasteiger partial charge is 0.426 e. The third-order valence-corrected chi connectivity index (χ3v) is 0.961. The monoisotopic (exact) mass is 173 g/mol. The Kier molecular flexibility index (Phi) is 3.44. The number of carbonyl (C=O) groups excluding carboxylic acids is 1. The normalized spacial score (nSPS) is 14.6. The average Bonchev–Trinajstić information content (AvgIpc) is 1.85. The van der Waals surface area contributed by atoms with E-state index in [1.165, 1.54) is 0 Å². The van der Waals surface area contributed by atoms with E-state index in [0.29, 0.717) is 0 Å². The second-order valence-electron chi connectivity index (χ2n) is 1.91. The minimum atomic E-state index is -5.09. The number of ketones is 1. The fourth-order valence-corrected chi connectivity index (χ4v) is 0.452. The van der Waals surface area contributed by atoms with Gasteiger partial charge in [-0.1, -0.05) is 0 Å². The third kappa shape index (κ3) is 3.31. The summed E-state index contributed by atoms with van der Waals surface area (Å²) in [5, 5.41) is 0. The zero-order valence-corrected chi connectivity index (χ0v) is 5.49. The maximum atomic E-state index is 12.0. The first kappa shape index (κ1) is 10.3. The number of nitrogens with two attached hydrogens (primary N) is 1. The predicted octanol–water partition coefficient (Wildman–Crippen LogP) is 0.805. The quantitative estimate of drug-likeness (QED) is 0.641. The molecule has 0 fully saturated rings. The molecule has 0 rings (SSSR count). The highest BCUT2D eigenvalue weighted by atomic mass is 19.4. The molecule has 0 aliphatic rings. The van der Waals surface area contributed by atoms with Crippen molar-refractivity contribution in [2.75, 3.05) is 6.54 Å². The number of carbonyl (C=O) groups is 1. The van der Waals surface area contributed by atoms with Crippen molar-refractivity contribution in [1.82, 2.24) is 0 Å². The van der Waals surface area contributed by atoms with Crippen molar-refractivity contribution >= 4 is 5.78 Å². The van der Waals surface area contributed by atoms with Crippen LogP contribution in [0.25, 0.3) is 0 Å². The Hall–Kier alpha value is -0.650. The predicted molar refractivity (Wildman–Crippen MR) is 29.6 cm³/mol. The Bertz CT molecular complexity index is 144. The first-order valence-electron chi connectivity index (χ1n) is 2.83. The second-order valence-corrected chi connectivity index (χ2v) is 1.91. The van der Waals surface area contributed by atoms with E-state index in [1.54, 1.807) is 0 Å². The Morgan fingerprint density at radius 1 is 1.45 bits per heavy atom. The molecule has 6 heteroatoms. The van der Waals surface area contributed by atoms with Gasteiger partial charge in [0, 0.05) is 6.42 Å². The fourth-order valence-electron chi connectivity index (χ4n) is 0.452. The van der Waals surface area contributed by atoms with Crippen molar-refractivity contribution in [3.63, 3.8) is 0 Å². The number of hydrogen-bond acceptors (Lipinski definition) is 2. The smallest absolute Gasteiger partial charge is 0.330 e. The van der Waals surface area contributed by atoms with Crippen LogP contribution < -0.4 is 5.73 Å². The molecule has 0 amide bonds.